The number of pyridine rings is 1. The molecule has 0 aliphatic heterocycles. The van der Waals surface area contributed by atoms with E-state index in [2.05, 4.69) is 9.71 Å². The Morgan fingerprint density at radius 2 is 1.83 bits per heavy atom. The highest BCUT2D eigenvalue weighted by Gasteiger charge is 2.18. The molecule has 3 aromatic rings. The molecule has 0 saturated carbocycles. The van der Waals surface area contributed by atoms with Gasteiger partial charge >= 0.3 is 0 Å². The summed E-state index contributed by atoms with van der Waals surface area (Å²) in [5, 5.41) is 10.7. The maximum Gasteiger partial charge on any atom is 0.241 e. The molecule has 2 aromatic carbocycles. The normalized spacial score (nSPS) is 11.7. The Morgan fingerprint density at radius 1 is 1.08 bits per heavy atom. The fraction of sp³-hybridized carbons (Fsp3) is 0.118. The summed E-state index contributed by atoms with van der Waals surface area (Å²) in [4.78, 5) is 4.25. The molecule has 0 fully saturated rings. The smallest absolute Gasteiger partial charge is 0.241 e. The second-order valence-electron chi connectivity index (χ2n) is 5.30. The quantitative estimate of drug-likeness (QED) is 0.655. The van der Waals surface area contributed by atoms with Gasteiger partial charge in [0.15, 0.2) is 0 Å². The molecule has 0 radical (unpaired) electrons. The number of sulfonamides is 1. The molecule has 7 heteroatoms. The van der Waals surface area contributed by atoms with Crippen LogP contribution in [0.5, 0.6) is 5.75 Å². The summed E-state index contributed by atoms with van der Waals surface area (Å²) in [6.07, 6.45) is 3.19. The number of aromatic nitrogens is 1. The molecule has 4 N–H and O–H groups in total. The van der Waals surface area contributed by atoms with Crippen LogP contribution in [0.25, 0.3) is 21.9 Å². The van der Waals surface area contributed by atoms with Gasteiger partial charge in [-0.1, -0.05) is 12.1 Å². The van der Waals surface area contributed by atoms with Gasteiger partial charge in [0.1, 0.15) is 5.75 Å². The molecule has 0 unspecified atom stereocenters. The summed E-state index contributed by atoms with van der Waals surface area (Å²) in [6.45, 7) is 0.384. The lowest BCUT2D eigenvalue weighted by atomic mass is 10.0. The number of phenolic OH excluding ortho intramolecular Hbond substituents is 1. The first-order chi connectivity index (χ1) is 11.5. The molecule has 1 aromatic heterocycles. The van der Waals surface area contributed by atoms with Crippen molar-refractivity contribution in [2.75, 3.05) is 13.1 Å². The van der Waals surface area contributed by atoms with Crippen molar-refractivity contribution in [2.45, 2.75) is 4.90 Å². The monoisotopic (exact) mass is 343 g/mol. The number of nitrogens with zero attached hydrogens (tertiary/aromatic N) is 1. The number of aromatic hydroxyl groups is 1. The van der Waals surface area contributed by atoms with Gasteiger partial charge in [-0.15, -0.1) is 0 Å². The van der Waals surface area contributed by atoms with Crippen molar-refractivity contribution in [3.05, 3.63) is 54.9 Å². The van der Waals surface area contributed by atoms with Crippen LogP contribution in [0.2, 0.25) is 0 Å². The zero-order valence-electron chi connectivity index (χ0n) is 12.8. The molecule has 0 amide bonds. The minimum Gasteiger partial charge on any atom is -0.508 e. The van der Waals surface area contributed by atoms with Crippen LogP contribution >= 0.6 is 0 Å². The molecule has 1 heterocycles. The minimum absolute atomic E-state index is 0.152. The van der Waals surface area contributed by atoms with Crippen molar-refractivity contribution in [1.29, 1.82) is 0 Å². The first kappa shape index (κ1) is 16.4. The largest absolute Gasteiger partial charge is 0.508 e. The maximum atomic E-state index is 12.6. The lowest BCUT2D eigenvalue weighted by Gasteiger charge is -2.12. The molecule has 6 nitrogen and oxygen atoms in total. The van der Waals surface area contributed by atoms with Crippen molar-refractivity contribution in [2.24, 2.45) is 5.73 Å². The van der Waals surface area contributed by atoms with E-state index in [0.717, 1.165) is 16.5 Å². The fourth-order valence-corrected chi connectivity index (χ4v) is 3.79. The predicted octanol–water partition coefficient (Wildman–Crippen LogP) is 1.84. The third-order valence-electron chi connectivity index (χ3n) is 3.64. The number of hydrogen-bond donors (Lipinski definition) is 3. The molecular formula is C17H17N3O3S. The van der Waals surface area contributed by atoms with Crippen LogP contribution in [-0.4, -0.2) is 31.6 Å². The number of hydrogen-bond acceptors (Lipinski definition) is 5. The third kappa shape index (κ3) is 3.23. The van der Waals surface area contributed by atoms with Gasteiger partial charge in [-0.05, 0) is 41.5 Å². The Balaban J connectivity index is 2.22. The Bertz CT molecular complexity index is 970. The highest BCUT2D eigenvalue weighted by Crippen LogP contribution is 2.30. The fourth-order valence-electron chi connectivity index (χ4n) is 2.49. The molecule has 0 atom stereocenters. The Kier molecular flexibility index (Phi) is 4.48. The van der Waals surface area contributed by atoms with E-state index in [1.54, 1.807) is 48.8 Å². The molecular weight excluding hydrogens is 326 g/mol. The second kappa shape index (κ2) is 6.56. The van der Waals surface area contributed by atoms with Gasteiger partial charge in [0.25, 0.3) is 0 Å². The maximum absolute atomic E-state index is 12.6. The van der Waals surface area contributed by atoms with Crippen molar-refractivity contribution >= 4 is 20.8 Å². The van der Waals surface area contributed by atoms with Crippen LogP contribution in [-0.2, 0) is 10.0 Å². The van der Waals surface area contributed by atoms with Gasteiger partial charge in [0.2, 0.25) is 10.0 Å². The lowest BCUT2D eigenvalue weighted by Crippen LogP contribution is -2.29. The topological polar surface area (TPSA) is 105 Å². The van der Waals surface area contributed by atoms with Crippen LogP contribution in [0.1, 0.15) is 0 Å². The molecule has 124 valence electrons. The summed E-state index contributed by atoms with van der Waals surface area (Å²) in [5.74, 6) is 0.152. The zero-order valence-corrected chi connectivity index (χ0v) is 13.6. The van der Waals surface area contributed by atoms with Gasteiger partial charge < -0.3 is 10.8 Å². The van der Waals surface area contributed by atoms with E-state index in [1.807, 2.05) is 6.07 Å². The van der Waals surface area contributed by atoms with Gasteiger partial charge in [0, 0.05) is 36.3 Å². The van der Waals surface area contributed by atoms with Crippen LogP contribution < -0.4 is 10.5 Å². The first-order valence-electron chi connectivity index (χ1n) is 7.38. The SMILES string of the molecule is NCCNS(=O)(=O)c1cc(-c2ccc(O)cc2)cc2cnccc12. The van der Waals surface area contributed by atoms with Crippen molar-refractivity contribution in [1.82, 2.24) is 9.71 Å². The van der Waals surface area contributed by atoms with Gasteiger partial charge in [-0.3, -0.25) is 4.98 Å². The lowest BCUT2D eigenvalue weighted by molar-refractivity contribution is 0.475. The van der Waals surface area contributed by atoms with Gasteiger partial charge in [-0.25, -0.2) is 13.1 Å². The van der Waals surface area contributed by atoms with Crippen molar-refractivity contribution < 1.29 is 13.5 Å². The van der Waals surface area contributed by atoms with Gasteiger partial charge in [0.05, 0.1) is 4.90 Å². The number of nitrogens with one attached hydrogen (secondary N) is 1. The molecule has 0 aliphatic rings. The minimum atomic E-state index is -3.69. The van der Waals surface area contributed by atoms with E-state index in [-0.39, 0.29) is 23.7 Å². The molecule has 0 saturated heterocycles. The Labute approximate surface area is 140 Å². The number of phenols is 1. The Hall–Kier alpha value is -2.48. The van der Waals surface area contributed by atoms with E-state index in [1.165, 1.54) is 0 Å². The molecule has 24 heavy (non-hydrogen) atoms. The van der Waals surface area contributed by atoms with E-state index in [4.69, 9.17) is 5.73 Å². The summed E-state index contributed by atoms with van der Waals surface area (Å²) in [6, 6.07) is 11.7. The van der Waals surface area contributed by atoms with Crippen LogP contribution in [0.3, 0.4) is 0 Å². The highest BCUT2D eigenvalue weighted by atomic mass is 32.2. The van der Waals surface area contributed by atoms with E-state index < -0.39 is 10.0 Å². The standard InChI is InChI=1S/C17H17N3O3S/c18-6-8-20-24(22,23)17-10-13(12-1-3-15(21)4-2-12)9-14-11-19-7-5-16(14)17/h1-5,7,9-11,20-21H,6,8,18H2. The van der Waals surface area contributed by atoms with E-state index in [0.29, 0.717) is 5.39 Å². The molecule has 0 aliphatic carbocycles. The Morgan fingerprint density at radius 3 is 2.54 bits per heavy atom. The summed E-state index contributed by atoms with van der Waals surface area (Å²) >= 11 is 0. The van der Waals surface area contributed by atoms with E-state index >= 15 is 0 Å². The molecule has 0 bridgehead atoms. The third-order valence-corrected chi connectivity index (χ3v) is 5.14. The summed E-state index contributed by atoms with van der Waals surface area (Å²) in [5.41, 5.74) is 6.93. The van der Waals surface area contributed by atoms with Gasteiger partial charge in [-0.2, -0.15) is 0 Å². The van der Waals surface area contributed by atoms with Crippen LogP contribution in [0, 0.1) is 0 Å². The predicted molar refractivity (Wildman–Crippen MR) is 93.1 cm³/mol. The van der Waals surface area contributed by atoms with E-state index in [9.17, 15) is 13.5 Å². The molecule has 0 spiro atoms. The average Bonchev–Trinajstić information content (AvgIpc) is 2.59. The summed E-state index contributed by atoms with van der Waals surface area (Å²) < 4.78 is 27.7. The highest BCUT2D eigenvalue weighted by molar-refractivity contribution is 7.89. The van der Waals surface area contributed by atoms with Crippen molar-refractivity contribution in [3.63, 3.8) is 0 Å². The van der Waals surface area contributed by atoms with Crippen LogP contribution in [0.15, 0.2) is 59.8 Å². The van der Waals surface area contributed by atoms with Crippen molar-refractivity contribution in [3.8, 4) is 16.9 Å². The average molecular weight is 343 g/mol. The number of fused-ring (bicyclic) bond motifs is 1. The first-order valence-corrected chi connectivity index (χ1v) is 8.86. The number of nitrogens with two attached hydrogens (primary N) is 1. The number of benzene rings is 2. The van der Waals surface area contributed by atoms with Crippen LogP contribution in [0.4, 0.5) is 0 Å². The summed E-state index contributed by atoms with van der Waals surface area (Å²) in [7, 11) is -3.69. The molecule has 3 rings (SSSR count). The number of rotatable bonds is 5. The zero-order chi connectivity index (χ0) is 17.2. The second-order valence-corrected chi connectivity index (χ2v) is 7.04.